The average molecular weight is 643 g/mol. The lowest BCUT2D eigenvalue weighted by molar-refractivity contribution is -0.130. The molecule has 1 aromatic heterocycles. The van der Waals surface area contributed by atoms with Gasteiger partial charge in [-0.1, -0.05) is 35.9 Å². The van der Waals surface area contributed by atoms with Gasteiger partial charge < -0.3 is 19.7 Å². The van der Waals surface area contributed by atoms with Gasteiger partial charge in [-0.15, -0.1) is 10.2 Å². The number of carbonyl (C=O) groups excluding carboxylic acids is 2. The van der Waals surface area contributed by atoms with Gasteiger partial charge in [0.1, 0.15) is 17.6 Å². The van der Waals surface area contributed by atoms with E-state index in [1.54, 1.807) is 30.2 Å². The maximum absolute atomic E-state index is 13.8. The number of fused-ring (bicyclic) bond motifs is 3. The van der Waals surface area contributed by atoms with Crippen LogP contribution in [0, 0.1) is 6.92 Å². The van der Waals surface area contributed by atoms with Crippen molar-refractivity contribution in [1.82, 2.24) is 25.0 Å². The second-order valence-corrected chi connectivity index (χ2v) is 16.1. The molecule has 0 bridgehead atoms. The molecule has 2 atom stereocenters. The normalized spacial score (nSPS) is 17.6. The Morgan fingerprint density at radius 1 is 1.09 bits per heavy atom. The molecule has 45 heavy (non-hydrogen) atoms. The number of likely N-dealkylation sites (tertiary alicyclic amines) is 1. The van der Waals surface area contributed by atoms with E-state index in [0.717, 1.165) is 22.0 Å². The monoisotopic (exact) mass is 642 g/mol. The Bertz CT molecular complexity index is 1800. The van der Waals surface area contributed by atoms with Crippen LogP contribution in [0.15, 0.2) is 71.7 Å². The fourth-order valence-corrected chi connectivity index (χ4v) is 7.02. The molecule has 0 aliphatic carbocycles. The van der Waals surface area contributed by atoms with E-state index in [1.807, 2.05) is 73.1 Å². The van der Waals surface area contributed by atoms with Crippen LogP contribution in [0.4, 0.5) is 0 Å². The van der Waals surface area contributed by atoms with Crippen molar-refractivity contribution in [3.63, 3.8) is 0 Å². The van der Waals surface area contributed by atoms with Crippen molar-refractivity contribution in [2.24, 2.45) is 4.99 Å². The molecule has 232 valence electrons. The third-order valence-electron chi connectivity index (χ3n) is 8.33. The Labute approximate surface area is 267 Å². The van der Waals surface area contributed by atoms with Gasteiger partial charge in [0.2, 0.25) is 14.2 Å². The van der Waals surface area contributed by atoms with E-state index >= 15 is 0 Å². The van der Waals surface area contributed by atoms with E-state index in [4.69, 9.17) is 21.3 Å². The first-order valence-corrected chi connectivity index (χ1v) is 18.2. The number of aryl methyl sites for hydroxylation is 1. The number of halogens is 1. The summed E-state index contributed by atoms with van der Waals surface area (Å²) in [6, 6.07) is 19.6. The van der Waals surface area contributed by atoms with Crippen molar-refractivity contribution in [1.29, 1.82) is 0 Å². The molecule has 1 fully saturated rings. The van der Waals surface area contributed by atoms with Gasteiger partial charge in [0, 0.05) is 40.8 Å². The van der Waals surface area contributed by atoms with Crippen LogP contribution in [0.25, 0.3) is 5.69 Å². The average Bonchev–Trinajstić information content (AvgIpc) is 3.62. The number of carbonyl (C=O) groups is 2. The number of aromatic nitrogens is 3. The fourth-order valence-electron chi connectivity index (χ4n) is 5.89. The number of nitrogens with zero attached hydrogens (tertiary/aromatic N) is 5. The number of rotatable bonds is 7. The standard InChI is InChI=1S/C33H35ClN6O4Si/c1-20-37-38-32-28(36-31(21-8-10-23(34)11-9-21)27-17-25(44-2)12-13-29(27)40(20)32)18-30(41)39-15-14-24(19-39)35-33(42)22-6-5-7-26(16-22)45(3,4)43/h5-13,16-17,24,28,43H,14-15,18-19H2,1-4H3,(H,35,42). The zero-order chi connectivity index (χ0) is 31.9. The van der Waals surface area contributed by atoms with Crippen LogP contribution in [-0.2, 0) is 4.79 Å². The minimum Gasteiger partial charge on any atom is -0.497 e. The molecule has 3 aromatic carbocycles. The van der Waals surface area contributed by atoms with Crippen LogP contribution in [0.3, 0.4) is 0 Å². The lowest BCUT2D eigenvalue weighted by atomic mass is 10.00. The van der Waals surface area contributed by atoms with Crippen molar-refractivity contribution in [3.8, 4) is 11.4 Å². The Kier molecular flexibility index (Phi) is 8.34. The maximum atomic E-state index is 13.8. The molecule has 2 N–H and O–H groups in total. The summed E-state index contributed by atoms with van der Waals surface area (Å²) in [4.78, 5) is 44.3. The molecule has 2 aliphatic heterocycles. The van der Waals surface area contributed by atoms with Crippen LogP contribution in [0.5, 0.6) is 5.75 Å². The molecule has 12 heteroatoms. The van der Waals surface area contributed by atoms with Crippen LogP contribution < -0.4 is 15.2 Å². The first-order chi connectivity index (χ1) is 21.5. The van der Waals surface area contributed by atoms with Gasteiger partial charge >= 0.3 is 0 Å². The second kappa shape index (κ2) is 12.2. The molecule has 0 saturated carbocycles. The van der Waals surface area contributed by atoms with E-state index < -0.39 is 14.4 Å². The van der Waals surface area contributed by atoms with Gasteiger partial charge in [-0.05, 0) is 74.1 Å². The number of ether oxygens (including phenoxy) is 1. The van der Waals surface area contributed by atoms with E-state index in [0.29, 0.717) is 53.2 Å². The maximum Gasteiger partial charge on any atom is 0.251 e. The molecule has 2 unspecified atom stereocenters. The van der Waals surface area contributed by atoms with Gasteiger partial charge in [-0.25, -0.2) is 0 Å². The number of methoxy groups -OCH3 is 1. The Morgan fingerprint density at radius 2 is 1.87 bits per heavy atom. The molecule has 3 heterocycles. The smallest absolute Gasteiger partial charge is 0.251 e. The summed E-state index contributed by atoms with van der Waals surface area (Å²) < 4.78 is 7.51. The summed E-state index contributed by atoms with van der Waals surface area (Å²) in [5, 5.41) is 13.3. The number of hydrogen-bond donors (Lipinski definition) is 2. The lowest BCUT2D eigenvalue weighted by Gasteiger charge is -2.20. The van der Waals surface area contributed by atoms with Crippen molar-refractivity contribution in [2.75, 3.05) is 20.2 Å². The number of benzene rings is 3. The Balaban J connectivity index is 1.25. The quantitative estimate of drug-likeness (QED) is 0.295. The van der Waals surface area contributed by atoms with Gasteiger partial charge in [0.05, 0.1) is 24.9 Å². The number of nitrogens with one attached hydrogen (secondary N) is 1. The molecule has 1 saturated heterocycles. The van der Waals surface area contributed by atoms with Crippen molar-refractivity contribution >= 4 is 42.6 Å². The number of hydrogen-bond acceptors (Lipinski definition) is 7. The number of aliphatic imine (C=N–C) groups is 1. The third kappa shape index (κ3) is 6.28. The topological polar surface area (TPSA) is 122 Å². The minimum atomic E-state index is -2.55. The summed E-state index contributed by atoms with van der Waals surface area (Å²) in [5.41, 5.74) is 3.72. The van der Waals surface area contributed by atoms with Crippen molar-refractivity contribution in [2.45, 2.75) is 44.9 Å². The SMILES string of the molecule is COc1ccc2c(c1)C(c1ccc(Cl)cc1)=NC(CC(=O)N1CCC(NC(=O)c3cccc([Si](C)(C)O)c3)C1)c1nnc(C)n1-2. The van der Waals surface area contributed by atoms with Gasteiger partial charge in [0.25, 0.3) is 5.91 Å². The molecular formula is C33H35ClN6O4Si. The van der Waals surface area contributed by atoms with Crippen molar-refractivity contribution < 1.29 is 19.1 Å². The Morgan fingerprint density at radius 3 is 2.60 bits per heavy atom. The first kappa shape index (κ1) is 30.7. The predicted octanol–water partition coefficient (Wildman–Crippen LogP) is 3.96. The first-order valence-electron chi connectivity index (χ1n) is 14.9. The summed E-state index contributed by atoms with van der Waals surface area (Å²) in [6.45, 7) is 6.43. The largest absolute Gasteiger partial charge is 0.497 e. The molecule has 2 aliphatic rings. The summed E-state index contributed by atoms with van der Waals surface area (Å²) in [6.07, 6.45) is 0.723. The molecule has 10 nitrogen and oxygen atoms in total. The molecule has 2 amide bonds. The molecule has 0 radical (unpaired) electrons. The fraction of sp³-hybridized carbons (Fsp3) is 0.303. The van der Waals surface area contributed by atoms with E-state index in [-0.39, 0.29) is 24.3 Å². The third-order valence-corrected chi connectivity index (χ3v) is 10.3. The van der Waals surface area contributed by atoms with Crippen LogP contribution in [-0.4, -0.2) is 76.5 Å². The van der Waals surface area contributed by atoms with Crippen LogP contribution >= 0.6 is 11.6 Å². The van der Waals surface area contributed by atoms with Gasteiger partial charge in [0.15, 0.2) is 5.82 Å². The zero-order valence-electron chi connectivity index (χ0n) is 25.6. The summed E-state index contributed by atoms with van der Waals surface area (Å²) in [7, 11) is -0.932. The highest BCUT2D eigenvalue weighted by molar-refractivity contribution is 6.83. The van der Waals surface area contributed by atoms with Crippen LogP contribution in [0.2, 0.25) is 18.1 Å². The number of amides is 2. The molecule has 4 aromatic rings. The second-order valence-electron chi connectivity index (χ2n) is 12.0. The molecular weight excluding hydrogens is 608 g/mol. The van der Waals surface area contributed by atoms with Crippen molar-refractivity contribution in [3.05, 3.63) is 100 Å². The van der Waals surface area contributed by atoms with Gasteiger partial charge in [-0.2, -0.15) is 0 Å². The van der Waals surface area contributed by atoms with E-state index in [9.17, 15) is 14.4 Å². The summed E-state index contributed by atoms with van der Waals surface area (Å²) >= 11 is 6.21. The van der Waals surface area contributed by atoms with E-state index in [1.165, 1.54) is 0 Å². The van der Waals surface area contributed by atoms with Gasteiger partial charge in [-0.3, -0.25) is 19.1 Å². The Hall–Kier alpha value is -4.32. The lowest BCUT2D eigenvalue weighted by Crippen LogP contribution is -2.42. The predicted molar refractivity (Wildman–Crippen MR) is 175 cm³/mol. The minimum absolute atomic E-state index is 0.0817. The molecule has 0 spiro atoms. The zero-order valence-corrected chi connectivity index (χ0v) is 27.4. The molecule has 6 rings (SSSR count). The highest BCUT2D eigenvalue weighted by atomic mass is 35.5. The highest BCUT2D eigenvalue weighted by Gasteiger charge is 2.34. The van der Waals surface area contributed by atoms with E-state index in [2.05, 4.69) is 15.5 Å². The highest BCUT2D eigenvalue weighted by Crippen LogP contribution is 2.35. The van der Waals surface area contributed by atoms with Crippen LogP contribution in [0.1, 0.15) is 52.0 Å². The summed E-state index contributed by atoms with van der Waals surface area (Å²) in [5.74, 6) is 1.64.